The van der Waals surface area contributed by atoms with Crippen molar-refractivity contribution in [2.45, 2.75) is 38.7 Å². The zero-order valence-corrected chi connectivity index (χ0v) is 21.0. The summed E-state index contributed by atoms with van der Waals surface area (Å²) in [5.74, 6) is 2.31. The molecule has 176 valence electrons. The topological polar surface area (TPSA) is 27.7 Å². The Morgan fingerprint density at radius 3 is 1.21 bits per heavy atom. The number of rotatable bonds is 14. The molecule has 3 aromatic carbocycles. The Kier molecular flexibility index (Phi) is 9.36. The molecule has 0 unspecified atom stereocenters. The molecule has 0 atom stereocenters. The number of hydrogen-bond donors (Lipinski definition) is 0. The third-order valence-corrected chi connectivity index (χ3v) is 8.07. The van der Waals surface area contributed by atoms with Crippen molar-refractivity contribution in [3.63, 3.8) is 0 Å². The zero-order valence-electron chi connectivity index (χ0n) is 20.0. The van der Waals surface area contributed by atoms with Crippen LogP contribution in [0.3, 0.4) is 0 Å². The van der Waals surface area contributed by atoms with E-state index in [9.17, 15) is 0 Å². The van der Waals surface area contributed by atoms with Crippen LogP contribution >= 0.6 is 0 Å². The molecule has 0 fully saturated rings. The van der Waals surface area contributed by atoms with Crippen LogP contribution in [0.2, 0.25) is 6.04 Å². The Morgan fingerprint density at radius 1 is 0.588 bits per heavy atom. The van der Waals surface area contributed by atoms with Crippen LogP contribution in [0.5, 0.6) is 17.2 Å². The standard InChI is InChI=1S/C30H34O3Si/c1-5-15-25-18-9-12-21-28(25)31-34(24-8-4,32-29-22-13-10-19-26(29)16-6-2)33-30-23-14-11-20-27(30)17-7-3/h5-7,9-14,18-23H,1-3,8,15-17,24H2,4H3. The van der Waals surface area contributed by atoms with Gasteiger partial charge in [0.15, 0.2) is 0 Å². The molecule has 34 heavy (non-hydrogen) atoms. The maximum Gasteiger partial charge on any atom is 0.699 e. The lowest BCUT2D eigenvalue weighted by Crippen LogP contribution is -2.55. The molecule has 0 heterocycles. The summed E-state index contributed by atoms with van der Waals surface area (Å²) < 4.78 is 20.4. The second-order valence-electron chi connectivity index (χ2n) is 8.04. The largest absolute Gasteiger partial charge is 0.699 e. The summed E-state index contributed by atoms with van der Waals surface area (Å²) in [6.45, 7) is 13.8. The van der Waals surface area contributed by atoms with Gasteiger partial charge in [0.2, 0.25) is 0 Å². The minimum Gasteiger partial charge on any atom is -0.483 e. The Labute approximate surface area is 205 Å². The van der Waals surface area contributed by atoms with Gasteiger partial charge in [-0.2, -0.15) is 0 Å². The molecule has 3 nitrogen and oxygen atoms in total. The summed E-state index contributed by atoms with van der Waals surface area (Å²) >= 11 is 0. The van der Waals surface area contributed by atoms with Crippen molar-refractivity contribution in [3.05, 3.63) is 127 Å². The van der Waals surface area contributed by atoms with Crippen LogP contribution in [0.15, 0.2) is 111 Å². The van der Waals surface area contributed by atoms with Crippen LogP contribution in [0.1, 0.15) is 30.0 Å². The molecule has 0 aliphatic carbocycles. The fourth-order valence-corrected chi connectivity index (χ4v) is 6.45. The second-order valence-corrected chi connectivity index (χ2v) is 10.5. The van der Waals surface area contributed by atoms with Gasteiger partial charge in [-0.25, -0.2) is 0 Å². The summed E-state index contributed by atoms with van der Waals surface area (Å²) in [5.41, 5.74) is 3.16. The summed E-state index contributed by atoms with van der Waals surface area (Å²) in [7, 11) is -3.30. The van der Waals surface area contributed by atoms with Gasteiger partial charge in [-0.05, 0) is 60.6 Å². The molecule has 3 aromatic rings. The van der Waals surface area contributed by atoms with Gasteiger partial charge in [-0.3, -0.25) is 0 Å². The SMILES string of the molecule is C=CCc1ccccc1O[Si](CCC)(Oc1ccccc1CC=C)Oc1ccccc1CC=C. The Bertz CT molecular complexity index is 971. The van der Waals surface area contributed by atoms with Crippen molar-refractivity contribution < 1.29 is 13.3 Å². The normalized spacial score (nSPS) is 10.9. The first-order chi connectivity index (χ1) is 16.6. The lowest BCUT2D eigenvalue weighted by Gasteiger charge is -2.32. The molecule has 0 spiro atoms. The molecule has 0 radical (unpaired) electrons. The average Bonchev–Trinajstić information content (AvgIpc) is 2.84. The van der Waals surface area contributed by atoms with Crippen LogP contribution in [0, 0.1) is 0 Å². The van der Waals surface area contributed by atoms with Gasteiger partial charge in [-0.15, -0.1) is 19.7 Å². The van der Waals surface area contributed by atoms with E-state index >= 15 is 0 Å². The maximum atomic E-state index is 6.80. The maximum absolute atomic E-state index is 6.80. The van der Waals surface area contributed by atoms with Gasteiger partial charge in [0.1, 0.15) is 17.2 Å². The van der Waals surface area contributed by atoms with E-state index in [2.05, 4.69) is 44.9 Å². The predicted octanol–water partition coefficient (Wildman–Crippen LogP) is 7.76. The lowest BCUT2D eigenvalue weighted by atomic mass is 10.1. The van der Waals surface area contributed by atoms with Crippen LogP contribution in [-0.4, -0.2) is 8.80 Å². The molecule has 0 aliphatic heterocycles. The van der Waals surface area contributed by atoms with Crippen molar-refractivity contribution in [2.24, 2.45) is 0 Å². The van der Waals surface area contributed by atoms with Crippen molar-refractivity contribution in [1.82, 2.24) is 0 Å². The summed E-state index contributed by atoms with van der Waals surface area (Å²) in [5, 5.41) is 0. The van der Waals surface area contributed by atoms with E-state index in [1.165, 1.54) is 0 Å². The van der Waals surface area contributed by atoms with Crippen molar-refractivity contribution in [1.29, 1.82) is 0 Å². The molecule has 3 rings (SSSR count). The van der Waals surface area contributed by atoms with E-state index in [1.807, 2.05) is 72.8 Å². The van der Waals surface area contributed by atoms with Gasteiger partial charge in [0.25, 0.3) is 0 Å². The van der Waals surface area contributed by atoms with E-state index in [0.29, 0.717) is 25.3 Å². The molecular formula is C30H34O3Si. The van der Waals surface area contributed by atoms with E-state index < -0.39 is 8.80 Å². The molecule has 0 N–H and O–H groups in total. The first-order valence-corrected chi connectivity index (χ1v) is 13.7. The third-order valence-electron chi connectivity index (χ3n) is 5.36. The van der Waals surface area contributed by atoms with Gasteiger partial charge in [-0.1, -0.05) is 79.7 Å². The monoisotopic (exact) mass is 470 g/mol. The van der Waals surface area contributed by atoms with E-state index in [4.69, 9.17) is 13.3 Å². The first kappa shape index (κ1) is 25.1. The van der Waals surface area contributed by atoms with Crippen molar-refractivity contribution >= 4 is 8.80 Å². The quantitative estimate of drug-likeness (QED) is 0.178. The highest BCUT2D eigenvalue weighted by Gasteiger charge is 2.49. The van der Waals surface area contributed by atoms with E-state index in [0.717, 1.165) is 40.4 Å². The number of hydrogen-bond acceptors (Lipinski definition) is 3. The number of allylic oxidation sites excluding steroid dienone is 3. The predicted molar refractivity (Wildman–Crippen MR) is 144 cm³/mol. The lowest BCUT2D eigenvalue weighted by molar-refractivity contribution is 0.257. The fraction of sp³-hybridized carbons (Fsp3) is 0.200. The van der Waals surface area contributed by atoms with Gasteiger partial charge < -0.3 is 13.3 Å². The molecule has 0 saturated heterocycles. The Morgan fingerprint density at radius 2 is 0.912 bits per heavy atom. The first-order valence-electron chi connectivity index (χ1n) is 11.8. The molecular weight excluding hydrogens is 436 g/mol. The Balaban J connectivity index is 2.11. The molecule has 0 bridgehead atoms. The smallest absolute Gasteiger partial charge is 0.483 e. The minimum atomic E-state index is -3.30. The highest BCUT2D eigenvalue weighted by atomic mass is 28.4. The number of para-hydroxylation sites is 3. The highest BCUT2D eigenvalue weighted by Crippen LogP contribution is 2.32. The third kappa shape index (κ3) is 6.52. The molecule has 0 amide bonds. The van der Waals surface area contributed by atoms with E-state index in [1.54, 1.807) is 0 Å². The van der Waals surface area contributed by atoms with Crippen LogP contribution < -0.4 is 13.3 Å². The second kappa shape index (κ2) is 12.7. The summed E-state index contributed by atoms with van der Waals surface area (Å²) in [6, 6.07) is 24.7. The van der Waals surface area contributed by atoms with Crippen molar-refractivity contribution in [3.8, 4) is 17.2 Å². The highest BCUT2D eigenvalue weighted by molar-refractivity contribution is 6.63. The van der Waals surface area contributed by atoms with Crippen LogP contribution in [0.25, 0.3) is 0 Å². The van der Waals surface area contributed by atoms with Gasteiger partial charge in [0.05, 0.1) is 6.04 Å². The molecule has 0 aromatic heterocycles. The zero-order chi connectivity index (χ0) is 24.2. The minimum absolute atomic E-state index is 0.653. The number of benzene rings is 3. The summed E-state index contributed by atoms with van der Waals surface area (Å²) in [6.07, 6.45) is 8.60. The van der Waals surface area contributed by atoms with Gasteiger partial charge >= 0.3 is 8.80 Å². The van der Waals surface area contributed by atoms with Gasteiger partial charge in [0, 0.05) is 0 Å². The molecule has 0 aliphatic rings. The summed E-state index contributed by atoms with van der Waals surface area (Å²) in [4.78, 5) is 0. The van der Waals surface area contributed by atoms with Crippen LogP contribution in [-0.2, 0) is 19.3 Å². The fourth-order valence-electron chi connectivity index (χ4n) is 3.81. The molecule has 4 heteroatoms. The Hall–Kier alpha value is -3.50. The molecule has 0 saturated carbocycles. The van der Waals surface area contributed by atoms with Crippen LogP contribution in [0.4, 0.5) is 0 Å². The van der Waals surface area contributed by atoms with E-state index in [-0.39, 0.29) is 0 Å². The average molecular weight is 471 g/mol. The van der Waals surface area contributed by atoms with Crippen molar-refractivity contribution in [2.75, 3.05) is 0 Å².